The van der Waals surface area contributed by atoms with Crippen molar-refractivity contribution < 1.29 is 9.53 Å². The first-order valence-electron chi connectivity index (χ1n) is 8.09. The second-order valence-corrected chi connectivity index (χ2v) is 6.03. The van der Waals surface area contributed by atoms with Gasteiger partial charge in [0.15, 0.2) is 5.92 Å². The van der Waals surface area contributed by atoms with Gasteiger partial charge in [-0.1, -0.05) is 0 Å². The minimum absolute atomic E-state index is 0.202. The average Bonchev–Trinajstić information content (AvgIpc) is 3.05. The van der Waals surface area contributed by atoms with Gasteiger partial charge in [0.25, 0.3) is 0 Å². The van der Waals surface area contributed by atoms with Crippen molar-refractivity contribution in [2.75, 3.05) is 18.5 Å². The Bertz CT molecular complexity index is 750. The van der Waals surface area contributed by atoms with E-state index in [1.807, 2.05) is 11.5 Å². The molecule has 25 heavy (non-hydrogen) atoms. The number of hydrogen-bond acceptors (Lipinski definition) is 6. The molecular formula is C16H21N7O2. The van der Waals surface area contributed by atoms with Crippen LogP contribution in [0.5, 0.6) is 0 Å². The fourth-order valence-corrected chi connectivity index (χ4v) is 2.80. The highest BCUT2D eigenvalue weighted by Crippen LogP contribution is 2.25. The molecule has 1 aliphatic rings. The maximum atomic E-state index is 12.7. The molecule has 2 aromatic rings. The summed E-state index contributed by atoms with van der Waals surface area (Å²) in [6.45, 7) is 3.21. The van der Waals surface area contributed by atoms with E-state index in [-0.39, 0.29) is 17.7 Å². The summed E-state index contributed by atoms with van der Waals surface area (Å²) in [6, 6.07) is 0.220. The molecule has 132 valence electrons. The van der Waals surface area contributed by atoms with Crippen LogP contribution in [0.25, 0.3) is 0 Å². The Morgan fingerprint density at radius 2 is 2.04 bits per heavy atom. The molecule has 0 aromatic carbocycles. The summed E-state index contributed by atoms with van der Waals surface area (Å²) in [5, 5.41) is 10.6. The van der Waals surface area contributed by atoms with Gasteiger partial charge in [-0.15, -0.1) is 0 Å². The number of carbonyl (C=O) groups excluding carboxylic acids is 1. The van der Waals surface area contributed by atoms with Crippen LogP contribution in [-0.4, -0.2) is 44.5 Å². The molecule has 1 aliphatic heterocycles. The third-order valence-electron chi connectivity index (χ3n) is 4.13. The molecule has 3 rings (SSSR count). The molecule has 1 unspecified atom stereocenters. The van der Waals surface area contributed by atoms with Gasteiger partial charge >= 0.3 is 0 Å². The van der Waals surface area contributed by atoms with E-state index in [0.717, 1.165) is 18.4 Å². The second-order valence-electron chi connectivity index (χ2n) is 6.03. The predicted molar refractivity (Wildman–Crippen MR) is 91.4 cm³/mol. The van der Waals surface area contributed by atoms with Gasteiger partial charge < -0.3 is 20.4 Å². The summed E-state index contributed by atoms with van der Waals surface area (Å²) >= 11 is 0. The number of aryl methyl sites for hydroxylation is 1. The van der Waals surface area contributed by atoms with Crippen molar-refractivity contribution in [3.05, 3.63) is 36.3 Å². The molecule has 3 heterocycles. The van der Waals surface area contributed by atoms with Crippen molar-refractivity contribution in [2.45, 2.75) is 31.7 Å². The number of imidazole rings is 1. The quantitative estimate of drug-likeness (QED) is 0.548. The van der Waals surface area contributed by atoms with E-state index in [4.69, 9.17) is 15.9 Å². The minimum atomic E-state index is -1.04. The van der Waals surface area contributed by atoms with Crippen LogP contribution in [-0.2, 0) is 9.53 Å². The van der Waals surface area contributed by atoms with E-state index >= 15 is 0 Å². The minimum Gasteiger partial charge on any atom is -0.387 e. The molecule has 1 atom stereocenters. The SMILES string of the molecule is Cc1cnc(C(C(=N)N)C(=O)Nc2cncn2C2CCOCC2)nc1. The van der Waals surface area contributed by atoms with Crippen LogP contribution in [0.4, 0.5) is 5.82 Å². The van der Waals surface area contributed by atoms with Gasteiger partial charge in [0.2, 0.25) is 5.91 Å². The number of nitrogens with two attached hydrogens (primary N) is 1. The molecule has 0 aliphatic carbocycles. The highest BCUT2D eigenvalue weighted by Gasteiger charge is 2.28. The molecule has 9 heteroatoms. The number of amides is 1. The number of anilines is 1. The highest BCUT2D eigenvalue weighted by molar-refractivity contribution is 6.10. The Labute approximate surface area is 145 Å². The number of carbonyl (C=O) groups is 1. The molecule has 1 fully saturated rings. The average molecular weight is 343 g/mol. The molecular weight excluding hydrogens is 322 g/mol. The lowest BCUT2D eigenvalue weighted by molar-refractivity contribution is -0.116. The van der Waals surface area contributed by atoms with E-state index < -0.39 is 11.8 Å². The summed E-state index contributed by atoms with van der Waals surface area (Å²) in [4.78, 5) is 25.1. The topological polar surface area (TPSA) is 132 Å². The number of ether oxygens (including phenoxy) is 1. The van der Waals surface area contributed by atoms with E-state index in [1.165, 1.54) is 0 Å². The predicted octanol–water partition coefficient (Wildman–Crippen LogP) is 0.991. The van der Waals surface area contributed by atoms with Gasteiger partial charge in [-0.2, -0.15) is 0 Å². The fraction of sp³-hybridized carbons (Fsp3) is 0.438. The maximum absolute atomic E-state index is 12.7. The molecule has 0 spiro atoms. The lowest BCUT2D eigenvalue weighted by atomic mass is 10.1. The first-order valence-corrected chi connectivity index (χ1v) is 8.09. The first-order chi connectivity index (χ1) is 12.1. The van der Waals surface area contributed by atoms with Crippen LogP contribution in [0, 0.1) is 12.3 Å². The molecule has 2 aromatic heterocycles. The molecule has 4 N–H and O–H groups in total. The largest absolute Gasteiger partial charge is 0.387 e. The van der Waals surface area contributed by atoms with Crippen molar-refractivity contribution >= 4 is 17.6 Å². The summed E-state index contributed by atoms with van der Waals surface area (Å²) in [7, 11) is 0. The molecule has 1 amide bonds. The fourth-order valence-electron chi connectivity index (χ4n) is 2.80. The standard InChI is InChI=1S/C16H21N7O2/c1-10-6-20-15(21-7-10)13(14(17)18)16(24)22-12-8-19-9-23(12)11-2-4-25-5-3-11/h6-9,11,13H,2-5H2,1H3,(H3,17,18)(H,22,24). The molecule has 1 saturated heterocycles. The third-order valence-corrected chi connectivity index (χ3v) is 4.13. The third kappa shape index (κ3) is 3.82. The Morgan fingerprint density at radius 3 is 2.68 bits per heavy atom. The van der Waals surface area contributed by atoms with Gasteiger partial charge in [0.1, 0.15) is 17.5 Å². The van der Waals surface area contributed by atoms with Gasteiger partial charge in [0.05, 0.1) is 12.5 Å². The lowest BCUT2D eigenvalue weighted by Crippen LogP contribution is -2.34. The van der Waals surface area contributed by atoms with Crippen molar-refractivity contribution in [3.8, 4) is 0 Å². The van der Waals surface area contributed by atoms with E-state index in [9.17, 15) is 4.79 Å². The van der Waals surface area contributed by atoms with Gasteiger partial charge in [0, 0.05) is 31.6 Å². The second kappa shape index (κ2) is 7.39. The Balaban J connectivity index is 1.79. The van der Waals surface area contributed by atoms with Gasteiger partial charge in [-0.05, 0) is 25.3 Å². The zero-order chi connectivity index (χ0) is 17.8. The van der Waals surface area contributed by atoms with Crippen molar-refractivity contribution in [1.82, 2.24) is 19.5 Å². The monoisotopic (exact) mass is 343 g/mol. The van der Waals surface area contributed by atoms with Crippen LogP contribution in [0.3, 0.4) is 0 Å². The number of nitrogens with zero attached hydrogens (tertiary/aromatic N) is 4. The molecule has 0 radical (unpaired) electrons. The van der Waals surface area contributed by atoms with E-state index in [1.54, 1.807) is 24.9 Å². The van der Waals surface area contributed by atoms with Crippen LogP contribution >= 0.6 is 0 Å². The Kier molecular flexibility index (Phi) is 5.03. The molecule has 9 nitrogen and oxygen atoms in total. The van der Waals surface area contributed by atoms with Crippen LogP contribution in [0.1, 0.15) is 36.2 Å². The molecule has 0 saturated carbocycles. The van der Waals surface area contributed by atoms with Crippen molar-refractivity contribution in [3.63, 3.8) is 0 Å². The summed E-state index contributed by atoms with van der Waals surface area (Å²) in [5.74, 6) is -1.04. The smallest absolute Gasteiger partial charge is 0.243 e. The van der Waals surface area contributed by atoms with Crippen LogP contribution < -0.4 is 11.1 Å². The summed E-state index contributed by atoms with van der Waals surface area (Å²) in [6.07, 6.45) is 8.18. The summed E-state index contributed by atoms with van der Waals surface area (Å²) in [5.41, 5.74) is 6.49. The first kappa shape index (κ1) is 17.0. The number of hydrogen-bond donors (Lipinski definition) is 3. The van der Waals surface area contributed by atoms with Crippen LogP contribution in [0.2, 0.25) is 0 Å². The maximum Gasteiger partial charge on any atom is 0.243 e. The van der Waals surface area contributed by atoms with Gasteiger partial charge in [-0.25, -0.2) is 15.0 Å². The lowest BCUT2D eigenvalue weighted by Gasteiger charge is -2.25. The number of nitrogens with one attached hydrogen (secondary N) is 2. The molecule has 0 bridgehead atoms. The van der Waals surface area contributed by atoms with Crippen molar-refractivity contribution in [2.24, 2.45) is 5.73 Å². The normalized spacial score (nSPS) is 16.4. The number of rotatable bonds is 5. The highest BCUT2D eigenvalue weighted by atomic mass is 16.5. The van der Waals surface area contributed by atoms with Gasteiger partial charge in [-0.3, -0.25) is 10.2 Å². The zero-order valence-corrected chi connectivity index (χ0v) is 14.0. The Hall–Kier alpha value is -2.81. The number of aromatic nitrogens is 4. The van der Waals surface area contributed by atoms with E-state index in [0.29, 0.717) is 19.0 Å². The zero-order valence-electron chi connectivity index (χ0n) is 14.0. The Morgan fingerprint density at radius 1 is 1.36 bits per heavy atom. The summed E-state index contributed by atoms with van der Waals surface area (Å²) < 4.78 is 7.30. The number of amidine groups is 1. The van der Waals surface area contributed by atoms with Crippen molar-refractivity contribution in [1.29, 1.82) is 5.41 Å². The van der Waals surface area contributed by atoms with Crippen LogP contribution in [0.15, 0.2) is 24.9 Å². The van der Waals surface area contributed by atoms with E-state index in [2.05, 4.69) is 20.3 Å².